The van der Waals surface area contributed by atoms with E-state index in [4.69, 9.17) is 5.73 Å². The first-order valence-electron chi connectivity index (χ1n) is 7.26. The molecule has 6 heteroatoms. The Balaban J connectivity index is 0.00000176. The predicted octanol–water partition coefficient (Wildman–Crippen LogP) is 4.03. The molecule has 2 N–H and O–H groups in total. The summed E-state index contributed by atoms with van der Waals surface area (Å²) in [6.45, 7) is 1.37. The van der Waals surface area contributed by atoms with E-state index in [0.29, 0.717) is 19.5 Å². The number of carbonyl (C=O) groups excluding carboxylic acids is 1. The molecule has 0 aromatic carbocycles. The average molecular weight is 357 g/mol. The van der Waals surface area contributed by atoms with Gasteiger partial charge in [-0.1, -0.05) is 12.1 Å². The van der Waals surface area contributed by atoms with Crippen molar-refractivity contribution in [3.8, 4) is 0 Å². The van der Waals surface area contributed by atoms with Gasteiger partial charge in [0.2, 0.25) is 5.91 Å². The van der Waals surface area contributed by atoms with Crippen LogP contribution in [0.4, 0.5) is 0 Å². The van der Waals surface area contributed by atoms with Crippen molar-refractivity contribution in [2.24, 2.45) is 5.73 Å². The fourth-order valence-electron chi connectivity index (χ4n) is 2.63. The van der Waals surface area contributed by atoms with Crippen LogP contribution >= 0.6 is 35.1 Å². The Kier molecular flexibility index (Phi) is 6.03. The molecule has 0 aliphatic heterocycles. The van der Waals surface area contributed by atoms with Gasteiger partial charge in [0.05, 0.1) is 13.1 Å². The third-order valence-corrected chi connectivity index (χ3v) is 5.78. The van der Waals surface area contributed by atoms with E-state index in [1.165, 1.54) is 9.75 Å². The number of amides is 1. The summed E-state index contributed by atoms with van der Waals surface area (Å²) in [5.74, 6) is 0.180. The molecule has 0 spiro atoms. The zero-order valence-corrected chi connectivity index (χ0v) is 14.8. The third-order valence-electron chi connectivity index (χ3n) is 4.06. The monoisotopic (exact) mass is 356 g/mol. The molecular formula is C16H21ClN2OS2. The van der Waals surface area contributed by atoms with Gasteiger partial charge in [0.1, 0.15) is 0 Å². The molecule has 0 radical (unpaired) electrons. The Labute approximate surface area is 145 Å². The van der Waals surface area contributed by atoms with Crippen LogP contribution in [0.15, 0.2) is 35.0 Å². The van der Waals surface area contributed by atoms with Crippen molar-refractivity contribution < 1.29 is 4.79 Å². The second kappa shape index (κ2) is 7.59. The SMILES string of the molecule is Cl.NC1(CC(=O)N(Cc2cccs2)Cc2cccs2)CCC1. The van der Waals surface area contributed by atoms with Crippen LogP contribution in [0.3, 0.4) is 0 Å². The van der Waals surface area contributed by atoms with Crippen LogP contribution in [0.5, 0.6) is 0 Å². The lowest BCUT2D eigenvalue weighted by Gasteiger charge is -2.39. The Morgan fingerprint density at radius 2 is 1.68 bits per heavy atom. The van der Waals surface area contributed by atoms with Crippen molar-refractivity contribution in [3.63, 3.8) is 0 Å². The molecule has 22 heavy (non-hydrogen) atoms. The number of hydrogen-bond donors (Lipinski definition) is 1. The third kappa shape index (κ3) is 4.32. The number of carbonyl (C=O) groups is 1. The minimum atomic E-state index is -0.250. The standard InChI is InChI=1S/C16H20N2OS2.ClH/c17-16(6-3-7-16)10-15(19)18(11-13-4-1-8-20-13)12-14-5-2-9-21-14;/h1-2,4-5,8-9H,3,6-7,10-12,17H2;1H. The van der Waals surface area contributed by atoms with Crippen molar-refractivity contribution in [1.29, 1.82) is 0 Å². The second-order valence-electron chi connectivity index (χ2n) is 5.80. The van der Waals surface area contributed by atoms with E-state index in [0.717, 1.165) is 19.3 Å². The van der Waals surface area contributed by atoms with Crippen molar-refractivity contribution >= 4 is 41.0 Å². The Morgan fingerprint density at radius 3 is 2.05 bits per heavy atom. The molecule has 0 bridgehead atoms. The van der Waals surface area contributed by atoms with Gasteiger partial charge < -0.3 is 10.6 Å². The summed E-state index contributed by atoms with van der Waals surface area (Å²) in [6, 6.07) is 8.23. The molecule has 1 saturated carbocycles. The first-order chi connectivity index (χ1) is 10.1. The maximum Gasteiger partial charge on any atom is 0.225 e. The van der Waals surface area contributed by atoms with Crippen LogP contribution < -0.4 is 5.73 Å². The fraction of sp³-hybridized carbons (Fsp3) is 0.438. The summed E-state index contributed by atoms with van der Waals surface area (Å²) in [5.41, 5.74) is 6.00. The van der Waals surface area contributed by atoms with Gasteiger partial charge >= 0.3 is 0 Å². The zero-order valence-electron chi connectivity index (χ0n) is 12.4. The average Bonchev–Trinajstić information content (AvgIpc) is 3.09. The molecule has 0 unspecified atom stereocenters. The Bertz CT molecular complexity index is 543. The molecule has 1 aliphatic carbocycles. The summed E-state index contributed by atoms with van der Waals surface area (Å²) in [4.78, 5) is 17.1. The maximum atomic E-state index is 12.7. The summed E-state index contributed by atoms with van der Waals surface area (Å²) in [6.07, 6.45) is 3.58. The normalized spacial score (nSPS) is 15.7. The molecule has 1 amide bonds. The second-order valence-corrected chi connectivity index (χ2v) is 7.87. The number of nitrogens with zero attached hydrogens (tertiary/aromatic N) is 1. The highest BCUT2D eigenvalue weighted by Crippen LogP contribution is 2.33. The van der Waals surface area contributed by atoms with Crippen LogP contribution in [0.2, 0.25) is 0 Å². The van der Waals surface area contributed by atoms with Crippen LogP contribution in [0, 0.1) is 0 Å². The molecule has 120 valence electrons. The van der Waals surface area contributed by atoms with Crippen LogP contribution in [-0.2, 0) is 17.9 Å². The van der Waals surface area contributed by atoms with Gasteiger partial charge in [-0.3, -0.25) is 4.79 Å². The molecule has 2 heterocycles. The summed E-state index contributed by atoms with van der Waals surface area (Å²) in [5, 5.41) is 4.11. The Hall–Kier alpha value is -0.880. The van der Waals surface area contributed by atoms with Gasteiger partial charge in [-0.15, -0.1) is 35.1 Å². The van der Waals surface area contributed by atoms with Crippen molar-refractivity contribution in [1.82, 2.24) is 4.90 Å². The topological polar surface area (TPSA) is 46.3 Å². The van der Waals surface area contributed by atoms with Gasteiger partial charge in [-0.05, 0) is 42.2 Å². The highest BCUT2D eigenvalue weighted by Gasteiger charge is 2.36. The molecule has 3 rings (SSSR count). The van der Waals surface area contributed by atoms with Gasteiger partial charge in [-0.25, -0.2) is 0 Å². The molecule has 2 aromatic rings. The molecule has 1 aliphatic rings. The van der Waals surface area contributed by atoms with Crippen molar-refractivity contribution in [2.75, 3.05) is 0 Å². The molecule has 3 nitrogen and oxygen atoms in total. The van der Waals surface area contributed by atoms with Gasteiger partial charge in [0.15, 0.2) is 0 Å². The molecular weight excluding hydrogens is 336 g/mol. The lowest BCUT2D eigenvalue weighted by molar-refractivity contribution is -0.134. The van der Waals surface area contributed by atoms with Gasteiger partial charge in [-0.2, -0.15) is 0 Å². The number of thiophene rings is 2. The molecule has 0 atom stereocenters. The number of nitrogens with two attached hydrogens (primary N) is 1. The Morgan fingerprint density at radius 1 is 1.14 bits per heavy atom. The highest BCUT2D eigenvalue weighted by molar-refractivity contribution is 7.10. The van der Waals surface area contributed by atoms with E-state index in [1.807, 2.05) is 17.0 Å². The number of rotatable bonds is 6. The van der Waals surface area contributed by atoms with Gasteiger partial charge in [0, 0.05) is 21.7 Å². The lowest BCUT2D eigenvalue weighted by Crippen LogP contribution is -2.50. The smallest absolute Gasteiger partial charge is 0.225 e. The quantitative estimate of drug-likeness (QED) is 0.849. The minimum Gasteiger partial charge on any atom is -0.332 e. The fourth-order valence-corrected chi connectivity index (χ4v) is 4.07. The first kappa shape index (κ1) is 17.5. The van der Waals surface area contributed by atoms with Crippen LogP contribution in [0.25, 0.3) is 0 Å². The molecule has 1 fully saturated rings. The summed E-state index contributed by atoms with van der Waals surface area (Å²) >= 11 is 3.39. The molecule has 2 aromatic heterocycles. The lowest BCUT2D eigenvalue weighted by atomic mass is 9.75. The summed E-state index contributed by atoms with van der Waals surface area (Å²) < 4.78 is 0. The maximum absolute atomic E-state index is 12.7. The van der Waals surface area contributed by atoms with Crippen molar-refractivity contribution in [2.45, 2.75) is 44.3 Å². The zero-order chi connectivity index (χ0) is 14.7. The van der Waals surface area contributed by atoms with Crippen molar-refractivity contribution in [3.05, 3.63) is 44.8 Å². The summed E-state index contributed by atoms with van der Waals surface area (Å²) in [7, 11) is 0. The largest absolute Gasteiger partial charge is 0.332 e. The van der Waals surface area contributed by atoms with Gasteiger partial charge in [0.25, 0.3) is 0 Å². The number of hydrogen-bond acceptors (Lipinski definition) is 4. The predicted molar refractivity (Wildman–Crippen MR) is 95.5 cm³/mol. The van der Waals surface area contributed by atoms with E-state index in [2.05, 4.69) is 22.9 Å². The van der Waals surface area contributed by atoms with E-state index in [-0.39, 0.29) is 23.9 Å². The van der Waals surface area contributed by atoms with E-state index < -0.39 is 0 Å². The minimum absolute atomic E-state index is 0. The van der Waals surface area contributed by atoms with E-state index in [9.17, 15) is 4.79 Å². The van der Waals surface area contributed by atoms with Crippen LogP contribution in [0.1, 0.15) is 35.4 Å². The van der Waals surface area contributed by atoms with E-state index >= 15 is 0 Å². The highest BCUT2D eigenvalue weighted by atomic mass is 35.5. The van der Waals surface area contributed by atoms with E-state index in [1.54, 1.807) is 22.7 Å². The first-order valence-corrected chi connectivity index (χ1v) is 9.02. The van der Waals surface area contributed by atoms with Crippen LogP contribution in [-0.4, -0.2) is 16.3 Å². The number of halogens is 1. The molecule has 0 saturated heterocycles.